The smallest absolute Gasteiger partial charge is 0.262 e. The van der Waals surface area contributed by atoms with Crippen LogP contribution in [0.4, 0.5) is 0 Å². The Labute approximate surface area is 121 Å². The summed E-state index contributed by atoms with van der Waals surface area (Å²) in [5.74, 6) is -0.212. The SMILES string of the molecule is CC[C@@H](C)NC(=O)Cn1c(=S)[nH]c2ccccc2c1=O. The topological polar surface area (TPSA) is 66.9 Å². The molecule has 1 amide bonds. The second kappa shape index (κ2) is 6.00. The van der Waals surface area contributed by atoms with Gasteiger partial charge in [-0.05, 0) is 37.7 Å². The number of amides is 1. The van der Waals surface area contributed by atoms with Crippen molar-refractivity contribution < 1.29 is 4.79 Å². The molecule has 2 rings (SSSR count). The summed E-state index contributed by atoms with van der Waals surface area (Å²) in [5, 5.41) is 3.35. The number of carbonyl (C=O) groups excluding carboxylic acids is 1. The van der Waals surface area contributed by atoms with Crippen LogP contribution in [0.2, 0.25) is 0 Å². The van der Waals surface area contributed by atoms with Crippen molar-refractivity contribution in [3.63, 3.8) is 0 Å². The molecule has 0 spiro atoms. The third-order valence-corrected chi connectivity index (χ3v) is 3.53. The fourth-order valence-electron chi connectivity index (χ4n) is 1.91. The second-order valence-corrected chi connectivity index (χ2v) is 5.13. The van der Waals surface area contributed by atoms with E-state index in [1.807, 2.05) is 19.9 Å². The summed E-state index contributed by atoms with van der Waals surface area (Å²) in [6, 6.07) is 7.19. The first-order valence-electron chi connectivity index (χ1n) is 6.54. The molecular formula is C14H17N3O2S. The van der Waals surface area contributed by atoms with E-state index in [4.69, 9.17) is 12.2 Å². The van der Waals surface area contributed by atoms with Crippen molar-refractivity contribution in [2.45, 2.75) is 32.9 Å². The molecule has 0 radical (unpaired) electrons. The minimum atomic E-state index is -0.247. The molecule has 0 aliphatic rings. The van der Waals surface area contributed by atoms with Gasteiger partial charge in [0.15, 0.2) is 4.77 Å². The average molecular weight is 291 g/mol. The fourth-order valence-corrected chi connectivity index (χ4v) is 2.17. The third kappa shape index (κ3) is 2.96. The van der Waals surface area contributed by atoms with Crippen molar-refractivity contribution in [1.29, 1.82) is 0 Å². The first-order chi connectivity index (χ1) is 9.52. The van der Waals surface area contributed by atoms with Gasteiger partial charge in [0.25, 0.3) is 5.56 Å². The lowest BCUT2D eigenvalue weighted by molar-refractivity contribution is -0.122. The van der Waals surface area contributed by atoms with Gasteiger partial charge in [0.05, 0.1) is 10.9 Å². The maximum atomic E-state index is 12.3. The van der Waals surface area contributed by atoms with Crippen LogP contribution in [0.25, 0.3) is 10.9 Å². The molecule has 0 bridgehead atoms. The van der Waals surface area contributed by atoms with Gasteiger partial charge in [-0.3, -0.25) is 14.2 Å². The Kier molecular flexibility index (Phi) is 4.34. The van der Waals surface area contributed by atoms with Gasteiger partial charge in [0, 0.05) is 6.04 Å². The molecule has 0 aliphatic heterocycles. The lowest BCUT2D eigenvalue weighted by Gasteiger charge is -2.12. The van der Waals surface area contributed by atoms with Crippen molar-refractivity contribution in [3.8, 4) is 0 Å². The molecule has 5 nitrogen and oxygen atoms in total. The number of aromatic nitrogens is 2. The number of nitrogens with zero attached hydrogens (tertiary/aromatic N) is 1. The van der Waals surface area contributed by atoms with Gasteiger partial charge in [-0.2, -0.15) is 0 Å². The lowest BCUT2D eigenvalue weighted by Crippen LogP contribution is -2.37. The van der Waals surface area contributed by atoms with E-state index in [1.165, 1.54) is 4.57 Å². The molecule has 20 heavy (non-hydrogen) atoms. The van der Waals surface area contributed by atoms with Crippen LogP contribution >= 0.6 is 12.2 Å². The predicted molar refractivity (Wildman–Crippen MR) is 81.3 cm³/mol. The van der Waals surface area contributed by atoms with E-state index < -0.39 is 0 Å². The molecule has 106 valence electrons. The highest BCUT2D eigenvalue weighted by atomic mass is 32.1. The Bertz CT molecular complexity index is 748. The van der Waals surface area contributed by atoms with E-state index in [0.29, 0.717) is 10.9 Å². The quantitative estimate of drug-likeness (QED) is 0.846. The average Bonchev–Trinajstić information content (AvgIpc) is 2.43. The molecule has 1 aromatic carbocycles. The summed E-state index contributed by atoms with van der Waals surface area (Å²) in [4.78, 5) is 27.2. The zero-order chi connectivity index (χ0) is 14.7. The Morgan fingerprint density at radius 2 is 2.15 bits per heavy atom. The highest BCUT2D eigenvalue weighted by Gasteiger charge is 2.10. The van der Waals surface area contributed by atoms with Gasteiger partial charge in [-0.15, -0.1) is 0 Å². The maximum Gasteiger partial charge on any atom is 0.262 e. The molecule has 1 heterocycles. The molecular weight excluding hydrogens is 274 g/mol. The van der Waals surface area contributed by atoms with E-state index in [1.54, 1.807) is 18.2 Å². The molecule has 0 unspecified atom stereocenters. The summed E-state index contributed by atoms with van der Waals surface area (Å²) in [6.07, 6.45) is 0.839. The minimum Gasteiger partial charge on any atom is -0.352 e. The van der Waals surface area contributed by atoms with Crippen molar-refractivity contribution in [2.24, 2.45) is 0 Å². The number of carbonyl (C=O) groups is 1. The van der Waals surface area contributed by atoms with Crippen molar-refractivity contribution in [3.05, 3.63) is 39.4 Å². The number of H-pyrrole nitrogens is 1. The van der Waals surface area contributed by atoms with Crippen molar-refractivity contribution in [1.82, 2.24) is 14.9 Å². The zero-order valence-electron chi connectivity index (χ0n) is 11.5. The summed E-state index contributed by atoms with van der Waals surface area (Å²) >= 11 is 5.15. The number of para-hydroxylation sites is 1. The van der Waals surface area contributed by atoms with Gasteiger partial charge in [-0.25, -0.2) is 0 Å². The monoisotopic (exact) mass is 291 g/mol. The number of aromatic amines is 1. The lowest BCUT2D eigenvalue weighted by atomic mass is 10.2. The maximum absolute atomic E-state index is 12.3. The molecule has 1 atom stereocenters. The first-order valence-corrected chi connectivity index (χ1v) is 6.95. The van der Waals surface area contributed by atoms with Gasteiger partial charge >= 0.3 is 0 Å². The number of benzene rings is 1. The van der Waals surface area contributed by atoms with E-state index >= 15 is 0 Å². The summed E-state index contributed by atoms with van der Waals surface area (Å²) < 4.78 is 1.54. The van der Waals surface area contributed by atoms with Gasteiger partial charge in [0.2, 0.25) is 5.91 Å². The summed E-state index contributed by atoms with van der Waals surface area (Å²) in [5.41, 5.74) is 0.435. The highest BCUT2D eigenvalue weighted by molar-refractivity contribution is 7.71. The molecule has 6 heteroatoms. The Morgan fingerprint density at radius 3 is 2.85 bits per heavy atom. The van der Waals surface area contributed by atoms with Gasteiger partial charge in [0.1, 0.15) is 6.54 Å². The summed E-state index contributed by atoms with van der Waals surface area (Å²) in [6.45, 7) is 3.84. The van der Waals surface area contributed by atoms with Crippen LogP contribution in [0.3, 0.4) is 0 Å². The van der Waals surface area contributed by atoms with Crippen molar-refractivity contribution in [2.75, 3.05) is 0 Å². The molecule has 1 aromatic heterocycles. The van der Waals surface area contributed by atoms with Gasteiger partial charge < -0.3 is 10.3 Å². The highest BCUT2D eigenvalue weighted by Crippen LogP contribution is 2.05. The van der Waals surface area contributed by atoms with E-state index in [2.05, 4.69) is 10.3 Å². The largest absolute Gasteiger partial charge is 0.352 e. The number of hydrogen-bond acceptors (Lipinski definition) is 3. The molecule has 0 saturated heterocycles. The molecule has 0 fully saturated rings. The molecule has 2 N–H and O–H groups in total. The molecule has 0 saturated carbocycles. The Hall–Kier alpha value is -1.95. The van der Waals surface area contributed by atoms with E-state index in [-0.39, 0.29) is 28.8 Å². The molecule has 2 aromatic rings. The fraction of sp³-hybridized carbons (Fsp3) is 0.357. The minimum absolute atomic E-state index is 0.0661. The first kappa shape index (κ1) is 14.5. The summed E-state index contributed by atoms with van der Waals surface area (Å²) in [7, 11) is 0. The van der Waals surface area contributed by atoms with Crippen LogP contribution in [-0.2, 0) is 11.3 Å². The van der Waals surface area contributed by atoms with Crippen LogP contribution in [0.15, 0.2) is 29.1 Å². The predicted octanol–water partition coefficient (Wildman–Crippen LogP) is 1.97. The Balaban J connectivity index is 2.38. The van der Waals surface area contributed by atoms with Crippen LogP contribution in [-0.4, -0.2) is 21.5 Å². The number of hydrogen-bond donors (Lipinski definition) is 2. The normalized spacial score (nSPS) is 12.3. The van der Waals surface area contributed by atoms with Crippen LogP contribution in [0, 0.1) is 4.77 Å². The number of fused-ring (bicyclic) bond motifs is 1. The standard InChI is InChI=1S/C14H17N3O2S/c1-3-9(2)15-12(18)8-17-13(19)10-6-4-5-7-11(10)16-14(17)20/h4-7,9H,3,8H2,1-2H3,(H,15,18)(H,16,20)/t9-/m1/s1. The van der Waals surface area contributed by atoms with Gasteiger partial charge in [-0.1, -0.05) is 19.1 Å². The van der Waals surface area contributed by atoms with Crippen molar-refractivity contribution >= 4 is 29.0 Å². The van der Waals surface area contributed by atoms with Crippen LogP contribution < -0.4 is 10.9 Å². The van der Waals surface area contributed by atoms with E-state index in [9.17, 15) is 9.59 Å². The zero-order valence-corrected chi connectivity index (χ0v) is 12.3. The van der Waals surface area contributed by atoms with E-state index in [0.717, 1.165) is 6.42 Å². The number of nitrogens with one attached hydrogen (secondary N) is 2. The van der Waals surface area contributed by atoms with Crippen LogP contribution in [0.5, 0.6) is 0 Å². The van der Waals surface area contributed by atoms with Crippen LogP contribution in [0.1, 0.15) is 20.3 Å². The second-order valence-electron chi connectivity index (χ2n) is 4.74. The third-order valence-electron chi connectivity index (χ3n) is 3.21. The Morgan fingerprint density at radius 1 is 1.45 bits per heavy atom. The molecule has 0 aliphatic carbocycles. The number of rotatable bonds is 4.